The number of anilines is 1. The number of fused-ring (bicyclic) bond motifs is 1. The Morgan fingerprint density at radius 1 is 1.45 bits per heavy atom. The predicted molar refractivity (Wildman–Crippen MR) is 136 cm³/mol. The highest BCUT2D eigenvalue weighted by Crippen LogP contribution is 2.41. The number of carbonyl (C=O) groups is 3. The Hall–Kier alpha value is -3.97. The molecule has 0 unspecified atom stereocenters. The van der Waals surface area contributed by atoms with Gasteiger partial charge >= 0.3 is 5.97 Å². The zero-order valence-electron chi connectivity index (χ0n) is 19.5. The number of hydrogen-bond donors (Lipinski definition) is 4. The van der Waals surface area contributed by atoms with Crippen LogP contribution in [0.25, 0.3) is 0 Å². The fourth-order valence-electron chi connectivity index (χ4n) is 3.63. The summed E-state index contributed by atoms with van der Waals surface area (Å²) < 4.78 is 1.47. The van der Waals surface area contributed by atoms with Crippen molar-refractivity contribution in [3.05, 3.63) is 40.6 Å². The number of oxime groups is 1. The van der Waals surface area contributed by atoms with Crippen LogP contribution in [-0.2, 0) is 32.9 Å². The van der Waals surface area contributed by atoms with Gasteiger partial charge in [0.25, 0.3) is 11.8 Å². The number of nitrogens with two attached hydrogens (primary N) is 1. The lowest BCUT2D eigenvalue weighted by atomic mass is 10.0. The van der Waals surface area contributed by atoms with Gasteiger partial charge in [0.1, 0.15) is 28.6 Å². The van der Waals surface area contributed by atoms with E-state index in [9.17, 15) is 19.5 Å². The molecular formula is C19H19N11O5S3. The van der Waals surface area contributed by atoms with E-state index in [0.29, 0.717) is 22.3 Å². The van der Waals surface area contributed by atoms with Crippen LogP contribution in [0.15, 0.2) is 39.4 Å². The number of hydrogen-bond acceptors (Lipinski definition) is 14. The molecule has 0 aromatic carbocycles. The summed E-state index contributed by atoms with van der Waals surface area (Å²) in [7, 11) is 1.67. The summed E-state index contributed by atoms with van der Waals surface area (Å²) in [4.78, 5) is 55.7. The minimum atomic E-state index is -1.23. The summed E-state index contributed by atoms with van der Waals surface area (Å²) in [5.41, 5.74) is 6.16. The summed E-state index contributed by atoms with van der Waals surface area (Å²) in [5, 5.41) is 29.3. The van der Waals surface area contributed by atoms with E-state index >= 15 is 0 Å². The number of thiazole rings is 1. The summed E-state index contributed by atoms with van der Waals surface area (Å²) >= 11 is 3.72. The van der Waals surface area contributed by atoms with Crippen LogP contribution < -0.4 is 11.1 Å². The maximum Gasteiger partial charge on any atom is 0.352 e. The average molecular weight is 578 g/mol. The van der Waals surface area contributed by atoms with E-state index in [1.54, 1.807) is 19.4 Å². The molecule has 2 atom stereocenters. The highest BCUT2D eigenvalue weighted by Gasteiger charge is 2.54. The van der Waals surface area contributed by atoms with Crippen molar-refractivity contribution >= 4 is 63.5 Å². The van der Waals surface area contributed by atoms with Crippen LogP contribution in [0.2, 0.25) is 0 Å². The number of carboxylic acid groups (broad SMARTS) is 1. The minimum Gasteiger partial charge on any atom is -0.477 e. The van der Waals surface area contributed by atoms with E-state index in [1.165, 1.54) is 38.5 Å². The monoisotopic (exact) mass is 577 g/mol. The van der Waals surface area contributed by atoms with Crippen molar-refractivity contribution in [3.8, 4) is 0 Å². The molecule has 1 fully saturated rings. The smallest absolute Gasteiger partial charge is 0.352 e. The number of aromatic amines is 1. The molecule has 0 spiro atoms. The lowest BCUT2D eigenvalue weighted by molar-refractivity contribution is -0.150. The molecular weight excluding hydrogens is 558 g/mol. The highest BCUT2D eigenvalue weighted by molar-refractivity contribution is 8.01. The van der Waals surface area contributed by atoms with Gasteiger partial charge in [-0.1, -0.05) is 16.9 Å². The minimum absolute atomic E-state index is 0.0318. The zero-order chi connectivity index (χ0) is 26.8. The molecule has 19 heteroatoms. The van der Waals surface area contributed by atoms with Crippen LogP contribution in [0.4, 0.5) is 5.13 Å². The molecule has 5 rings (SSSR count). The Morgan fingerprint density at radius 2 is 2.29 bits per heavy atom. The van der Waals surface area contributed by atoms with Gasteiger partial charge in [-0.2, -0.15) is 0 Å². The average Bonchev–Trinajstić information content (AvgIpc) is 3.66. The normalized spacial score (nSPS) is 19.2. The Kier molecular flexibility index (Phi) is 7.29. The van der Waals surface area contributed by atoms with Gasteiger partial charge in [0.15, 0.2) is 17.5 Å². The van der Waals surface area contributed by atoms with Gasteiger partial charge in [-0.25, -0.2) is 19.4 Å². The first kappa shape index (κ1) is 25.7. The molecule has 16 nitrogen and oxygen atoms in total. The highest BCUT2D eigenvalue weighted by atomic mass is 32.2. The number of rotatable bonds is 10. The number of thioether (sulfide) groups is 2. The second kappa shape index (κ2) is 10.8. The number of β-lactam (4-membered cyclic amide) rings is 1. The number of imidazole rings is 1. The first-order chi connectivity index (χ1) is 18.3. The molecule has 38 heavy (non-hydrogen) atoms. The summed E-state index contributed by atoms with van der Waals surface area (Å²) in [6, 6.07) is -0.967. The first-order valence-corrected chi connectivity index (χ1v) is 13.7. The van der Waals surface area contributed by atoms with E-state index in [4.69, 9.17) is 10.6 Å². The molecule has 0 radical (unpaired) electrons. The van der Waals surface area contributed by atoms with E-state index < -0.39 is 29.2 Å². The number of aromatic nitrogens is 7. The Labute approximate surface area is 226 Å². The van der Waals surface area contributed by atoms with Crippen molar-refractivity contribution in [1.82, 2.24) is 45.4 Å². The van der Waals surface area contributed by atoms with Gasteiger partial charge in [0.05, 0.1) is 0 Å². The van der Waals surface area contributed by atoms with Gasteiger partial charge < -0.3 is 26.0 Å². The SMILES string of the molecule is Cn1nnnc1SCC1=C(C(=O)O)N2C(=O)[C@@H](NC(=O)/C(=N\OCc3ncc[nH]3)c3csc(N)n3)[C@H]2SC1. The van der Waals surface area contributed by atoms with Crippen molar-refractivity contribution in [2.24, 2.45) is 12.2 Å². The second-order valence-corrected chi connectivity index (χ2v) is 10.7. The third-order valence-corrected chi connectivity index (χ3v) is 8.50. The maximum atomic E-state index is 13.2. The van der Waals surface area contributed by atoms with Crippen LogP contribution in [0.1, 0.15) is 11.5 Å². The third-order valence-electron chi connectivity index (χ3n) is 5.38. The van der Waals surface area contributed by atoms with E-state index in [2.05, 4.69) is 40.9 Å². The molecule has 1 saturated heterocycles. The van der Waals surface area contributed by atoms with Crippen LogP contribution in [0, 0.1) is 0 Å². The molecule has 3 aromatic heterocycles. The standard InChI is InChI=1S/C19H19N11O5S3/c1-29-19(25-27-28-29)38-6-8-5-36-16-12(15(32)30(16)13(8)17(33)34)24-14(31)11(9-7-37-18(20)23-9)26-35-4-10-21-2-3-22-10/h2-3,7,12,16H,4-6H2,1H3,(H2,20,23)(H,21,22)(H,24,31)(H,33,34)/b26-11-/t12-,16-/m1/s1. The molecule has 5 N–H and O–H groups in total. The molecule has 3 aromatic rings. The number of amides is 2. The number of aliphatic carboxylic acids is 1. The van der Waals surface area contributed by atoms with Crippen LogP contribution in [0.3, 0.4) is 0 Å². The van der Waals surface area contributed by atoms with Crippen molar-refractivity contribution in [2.45, 2.75) is 23.2 Å². The Morgan fingerprint density at radius 3 is 2.95 bits per heavy atom. The first-order valence-electron chi connectivity index (χ1n) is 10.8. The topological polar surface area (TPSA) is 219 Å². The summed E-state index contributed by atoms with van der Waals surface area (Å²) in [6.07, 6.45) is 3.16. The predicted octanol–water partition coefficient (Wildman–Crippen LogP) is -0.576. The molecule has 0 aliphatic carbocycles. The molecule has 198 valence electrons. The van der Waals surface area contributed by atoms with E-state index in [1.807, 2.05) is 0 Å². The summed E-state index contributed by atoms with van der Waals surface area (Å²) in [6.45, 7) is -0.0318. The van der Waals surface area contributed by atoms with Crippen LogP contribution in [0.5, 0.6) is 0 Å². The van der Waals surface area contributed by atoms with Crippen molar-refractivity contribution < 1.29 is 24.3 Å². The van der Waals surface area contributed by atoms with E-state index in [-0.39, 0.29) is 34.6 Å². The van der Waals surface area contributed by atoms with Crippen molar-refractivity contribution in [3.63, 3.8) is 0 Å². The number of nitrogens with zero attached hydrogens (tertiary/aromatic N) is 8. The number of aryl methyl sites for hydroxylation is 1. The molecule has 2 aliphatic rings. The fourth-order valence-corrected chi connectivity index (χ4v) is 6.52. The number of nitrogens with one attached hydrogen (secondary N) is 2. The number of carbonyl (C=O) groups excluding carboxylic acids is 2. The molecule has 2 aliphatic heterocycles. The zero-order valence-corrected chi connectivity index (χ0v) is 21.9. The number of carboxylic acids is 1. The van der Waals surface area contributed by atoms with Gasteiger partial charge in [-0.05, 0) is 16.0 Å². The third kappa shape index (κ3) is 5.07. The Bertz CT molecular complexity index is 1430. The Balaban J connectivity index is 1.30. The maximum absolute atomic E-state index is 13.2. The lowest BCUT2D eigenvalue weighted by Crippen LogP contribution is -2.71. The van der Waals surface area contributed by atoms with Crippen LogP contribution in [-0.4, -0.2) is 91.6 Å². The molecule has 2 amide bonds. The largest absolute Gasteiger partial charge is 0.477 e. The summed E-state index contributed by atoms with van der Waals surface area (Å²) in [5.74, 6) is -1.38. The van der Waals surface area contributed by atoms with Gasteiger partial charge in [-0.15, -0.1) is 28.2 Å². The van der Waals surface area contributed by atoms with Crippen molar-refractivity contribution in [1.29, 1.82) is 0 Å². The van der Waals surface area contributed by atoms with E-state index in [0.717, 1.165) is 11.3 Å². The number of nitrogen functional groups attached to an aromatic ring is 1. The second-order valence-electron chi connectivity index (χ2n) is 7.81. The van der Waals surface area contributed by atoms with Crippen LogP contribution >= 0.6 is 34.9 Å². The molecule has 0 saturated carbocycles. The van der Waals surface area contributed by atoms with Gasteiger partial charge in [0, 0.05) is 36.3 Å². The quantitative estimate of drug-likeness (QED) is 0.103. The molecule has 5 heterocycles. The van der Waals surface area contributed by atoms with Gasteiger partial charge in [-0.3, -0.25) is 14.5 Å². The number of tetrazole rings is 1. The molecule has 0 bridgehead atoms. The lowest BCUT2D eigenvalue weighted by Gasteiger charge is -2.49. The van der Waals surface area contributed by atoms with Crippen molar-refractivity contribution in [2.75, 3.05) is 17.2 Å². The fraction of sp³-hybridized carbons (Fsp3) is 0.316. The van der Waals surface area contributed by atoms with Gasteiger partial charge in [0.2, 0.25) is 5.16 Å². The number of H-pyrrole nitrogens is 1.